The molecule has 0 bridgehead atoms. The van der Waals surface area contributed by atoms with Crippen molar-refractivity contribution in [3.8, 4) is 22.5 Å². The molecule has 2 aromatic carbocycles. The van der Waals surface area contributed by atoms with E-state index in [1.807, 2.05) is 72.0 Å². The zero-order valence-electron chi connectivity index (χ0n) is 28.1. The van der Waals surface area contributed by atoms with Gasteiger partial charge in [-0.05, 0) is 78.2 Å². The van der Waals surface area contributed by atoms with Crippen molar-refractivity contribution >= 4 is 43.6 Å². The Kier molecular flexibility index (Phi) is 7.07. The molecule has 6 heteroatoms. The molecule has 0 unspecified atom stereocenters. The van der Waals surface area contributed by atoms with Gasteiger partial charge in [-0.25, -0.2) is 9.97 Å². The fourth-order valence-corrected chi connectivity index (χ4v) is 7.58. The summed E-state index contributed by atoms with van der Waals surface area (Å²) in [4.78, 5) is 16.1. The van der Waals surface area contributed by atoms with Crippen LogP contribution in [0.25, 0.3) is 54.8 Å². The molecule has 1 radical (unpaired) electrons. The van der Waals surface area contributed by atoms with Crippen LogP contribution in [-0.2, 0) is 30.9 Å². The number of hydrogen-bond acceptors (Lipinski definition) is 5. The Morgan fingerprint density at radius 1 is 0.795 bits per heavy atom. The van der Waals surface area contributed by atoms with Crippen molar-refractivity contribution in [2.45, 2.75) is 58.2 Å². The van der Waals surface area contributed by atoms with Crippen LogP contribution in [-0.4, -0.2) is 15.0 Å². The number of thiophene rings is 1. The van der Waals surface area contributed by atoms with Crippen molar-refractivity contribution in [2.24, 2.45) is 0 Å². The molecule has 0 N–H and O–H groups in total. The third-order valence-corrected chi connectivity index (χ3v) is 9.98. The van der Waals surface area contributed by atoms with Gasteiger partial charge in [-0.15, -0.1) is 47.2 Å². The first kappa shape index (κ1) is 26.7. The van der Waals surface area contributed by atoms with Crippen molar-refractivity contribution < 1.29 is 28.6 Å². The quantitative estimate of drug-likeness (QED) is 0.164. The number of aromatic nitrogens is 3. The van der Waals surface area contributed by atoms with E-state index in [1.54, 1.807) is 18.3 Å². The Morgan fingerprint density at radius 2 is 1.61 bits per heavy atom. The van der Waals surface area contributed by atoms with Gasteiger partial charge in [-0.2, -0.15) is 0 Å². The molecule has 7 aromatic rings. The minimum atomic E-state index is -2.28. The summed E-state index contributed by atoms with van der Waals surface area (Å²) in [7, 11) is 0. The maximum atomic E-state index is 7.67. The molecular formula is C38H34IrN3OS-. The van der Waals surface area contributed by atoms with Gasteiger partial charge in [0.15, 0.2) is 0 Å². The second-order valence-electron chi connectivity index (χ2n) is 12.4. The minimum absolute atomic E-state index is 0. The third kappa shape index (κ3) is 5.40. The summed E-state index contributed by atoms with van der Waals surface area (Å²) in [6.45, 7) is 7.09. The van der Waals surface area contributed by atoms with Crippen LogP contribution in [0, 0.1) is 12.9 Å². The van der Waals surface area contributed by atoms with Gasteiger partial charge in [0.25, 0.3) is 0 Å². The smallest absolute Gasteiger partial charge is 0.227 e. The summed E-state index contributed by atoms with van der Waals surface area (Å²) in [5, 5.41) is 2.97. The maximum Gasteiger partial charge on any atom is 0.227 e. The van der Waals surface area contributed by atoms with Crippen LogP contribution >= 0.6 is 11.3 Å². The fourth-order valence-electron chi connectivity index (χ4n) is 6.10. The molecule has 0 saturated carbocycles. The molecule has 0 spiro atoms. The molecule has 1 aliphatic rings. The van der Waals surface area contributed by atoms with Crippen molar-refractivity contribution in [3.63, 3.8) is 0 Å². The molecule has 5 heterocycles. The summed E-state index contributed by atoms with van der Waals surface area (Å²) in [6, 6.07) is 30.4. The Morgan fingerprint density at radius 3 is 2.39 bits per heavy atom. The van der Waals surface area contributed by atoms with Crippen LogP contribution in [0.15, 0.2) is 95.5 Å². The van der Waals surface area contributed by atoms with E-state index in [4.69, 9.17) is 13.5 Å². The topological polar surface area (TPSA) is 51.8 Å². The average Bonchev–Trinajstić information content (AvgIpc) is 3.64. The normalized spacial score (nSPS) is 16.2. The zero-order valence-corrected chi connectivity index (χ0v) is 28.3. The molecule has 0 saturated heterocycles. The number of hydrogen-bond donors (Lipinski definition) is 0. The fraction of sp³-hybridized carbons (Fsp3) is 0.237. The van der Waals surface area contributed by atoms with Gasteiger partial charge in [0.2, 0.25) is 5.71 Å². The second-order valence-corrected chi connectivity index (χ2v) is 13.4. The first-order valence-corrected chi connectivity index (χ1v) is 15.4. The number of nitrogens with zero attached hydrogens (tertiary/aromatic N) is 3. The Labute approximate surface area is 280 Å². The van der Waals surface area contributed by atoms with Crippen molar-refractivity contribution in [1.82, 2.24) is 15.0 Å². The summed E-state index contributed by atoms with van der Waals surface area (Å²) in [6.07, 6.45) is 4.14. The zero-order chi connectivity index (χ0) is 32.3. The molecule has 5 aromatic heterocycles. The first-order chi connectivity index (χ1) is 21.9. The van der Waals surface area contributed by atoms with Gasteiger partial charge in [-0.3, -0.25) is 0 Å². The summed E-state index contributed by atoms with van der Waals surface area (Å²) in [5.74, 6) is 0. The second kappa shape index (κ2) is 11.7. The molecule has 223 valence electrons. The number of furan rings is 1. The van der Waals surface area contributed by atoms with Crippen LogP contribution in [0.1, 0.15) is 60.8 Å². The van der Waals surface area contributed by atoms with Crippen LogP contribution in [0.4, 0.5) is 0 Å². The van der Waals surface area contributed by atoms with Crippen LogP contribution < -0.4 is 0 Å². The standard InChI is InChI=1S/C27H26N2OS.C11H8N.Ir/c1-15-9-10-17-16-7-6-8-18(22(16)30-24(17)28-15)20-12-11-19-21-23(31-25(19)29-20)27(4,5)14-13-26(21,2)3;1-2-6-10(7-3-1)11-8-4-5-9-12-11;/h6-12H,13-14H2,1-5H3;1-6,8-9H;/q;-1;/i1D3;;. The minimum Gasteiger partial charge on any atom is -0.437 e. The Balaban J connectivity index is 0.000000250. The van der Waals surface area contributed by atoms with E-state index < -0.39 is 6.85 Å². The number of benzene rings is 2. The molecular weight excluding hydrogens is 739 g/mol. The third-order valence-electron chi connectivity index (χ3n) is 8.51. The van der Waals surface area contributed by atoms with E-state index in [2.05, 4.69) is 55.9 Å². The van der Waals surface area contributed by atoms with E-state index in [9.17, 15) is 0 Å². The van der Waals surface area contributed by atoms with Gasteiger partial charge in [-0.1, -0.05) is 52.0 Å². The van der Waals surface area contributed by atoms with Crippen molar-refractivity contribution in [3.05, 3.63) is 113 Å². The number of pyridine rings is 3. The van der Waals surface area contributed by atoms with E-state index in [0.717, 1.165) is 38.1 Å². The SMILES string of the molecule is [2H]C([2H])([2H])c1ccc2c(n1)oc1c(-c3ccc4c5c(sc4n3)C(C)(C)CCC5(C)C)cccc12.[Ir].[c-]1ccccc1-c1ccccn1. The van der Waals surface area contributed by atoms with Crippen LogP contribution in [0.3, 0.4) is 0 Å². The molecule has 0 atom stereocenters. The van der Waals surface area contributed by atoms with Gasteiger partial charge >= 0.3 is 0 Å². The van der Waals surface area contributed by atoms with Crippen molar-refractivity contribution in [1.29, 1.82) is 0 Å². The molecule has 0 fully saturated rings. The van der Waals surface area contributed by atoms with E-state index in [0.29, 0.717) is 11.3 Å². The molecule has 0 aliphatic heterocycles. The predicted molar refractivity (Wildman–Crippen MR) is 179 cm³/mol. The maximum absolute atomic E-state index is 7.67. The molecule has 44 heavy (non-hydrogen) atoms. The Bertz CT molecular complexity index is 2170. The van der Waals surface area contributed by atoms with E-state index >= 15 is 0 Å². The van der Waals surface area contributed by atoms with Gasteiger partial charge in [0.05, 0.1) is 5.69 Å². The summed E-state index contributed by atoms with van der Waals surface area (Å²) in [5.41, 5.74) is 6.55. The summed E-state index contributed by atoms with van der Waals surface area (Å²) >= 11 is 1.82. The largest absolute Gasteiger partial charge is 0.437 e. The average molecular weight is 776 g/mol. The first-order valence-electron chi connectivity index (χ1n) is 16.1. The van der Waals surface area contributed by atoms with Crippen LogP contribution in [0.2, 0.25) is 0 Å². The molecule has 0 amide bonds. The number of aryl methyl sites for hydroxylation is 1. The predicted octanol–water partition coefficient (Wildman–Crippen LogP) is 10.5. The number of rotatable bonds is 2. The van der Waals surface area contributed by atoms with Crippen molar-refractivity contribution in [2.75, 3.05) is 0 Å². The number of fused-ring (bicyclic) bond motifs is 6. The van der Waals surface area contributed by atoms with E-state index in [1.165, 1.54) is 28.7 Å². The molecule has 1 aliphatic carbocycles. The Hall–Kier alpha value is -3.70. The van der Waals surface area contributed by atoms with Crippen LogP contribution in [0.5, 0.6) is 0 Å². The van der Waals surface area contributed by atoms with E-state index in [-0.39, 0.29) is 36.6 Å². The van der Waals surface area contributed by atoms with Gasteiger partial charge in [0.1, 0.15) is 10.4 Å². The summed E-state index contributed by atoms with van der Waals surface area (Å²) < 4.78 is 29.1. The van der Waals surface area contributed by atoms with Gasteiger partial charge in [0, 0.05) is 62.7 Å². The monoisotopic (exact) mass is 776 g/mol. The molecule has 4 nitrogen and oxygen atoms in total. The number of para-hydroxylation sites is 1. The molecule has 8 rings (SSSR count). The van der Waals surface area contributed by atoms with Gasteiger partial charge < -0.3 is 9.40 Å².